The van der Waals surface area contributed by atoms with Crippen LogP contribution in [0.25, 0.3) is 0 Å². The van der Waals surface area contributed by atoms with Crippen LogP contribution in [0.3, 0.4) is 0 Å². The summed E-state index contributed by atoms with van der Waals surface area (Å²) in [5.74, 6) is -0.268. The highest BCUT2D eigenvalue weighted by Gasteiger charge is 2.29. The zero-order valence-corrected chi connectivity index (χ0v) is 19.8. The Kier molecular flexibility index (Phi) is 7.64. The van der Waals surface area contributed by atoms with Gasteiger partial charge in [-0.25, -0.2) is 5.01 Å². The number of hydrogen-bond donors (Lipinski definition) is 1. The number of carbonyl (C=O) groups excluding carboxylic acids is 2. The lowest BCUT2D eigenvalue weighted by Crippen LogP contribution is -2.50. The molecule has 0 aliphatic rings. The van der Waals surface area contributed by atoms with Gasteiger partial charge in [0.25, 0.3) is 11.8 Å². The molecular formula is C24H31BrN2O2. The van der Waals surface area contributed by atoms with Crippen LogP contribution in [0, 0.1) is 25.2 Å². The van der Waals surface area contributed by atoms with Crippen LogP contribution in [-0.2, 0) is 0 Å². The van der Waals surface area contributed by atoms with Crippen LogP contribution >= 0.6 is 15.9 Å². The van der Waals surface area contributed by atoms with E-state index in [-0.39, 0.29) is 23.1 Å². The molecule has 2 aromatic rings. The minimum atomic E-state index is -0.307. The van der Waals surface area contributed by atoms with Crippen LogP contribution in [0.4, 0.5) is 0 Å². The van der Waals surface area contributed by atoms with Crippen molar-refractivity contribution in [2.75, 3.05) is 6.54 Å². The van der Waals surface area contributed by atoms with Gasteiger partial charge in [0.05, 0.1) is 5.56 Å². The lowest BCUT2D eigenvalue weighted by Gasteiger charge is -2.35. The molecule has 0 aliphatic carbocycles. The molecule has 4 nitrogen and oxygen atoms in total. The summed E-state index contributed by atoms with van der Waals surface area (Å²) in [6, 6.07) is 13.0. The van der Waals surface area contributed by atoms with E-state index in [0.717, 1.165) is 17.5 Å². The van der Waals surface area contributed by atoms with E-state index >= 15 is 0 Å². The number of hydrogen-bond acceptors (Lipinski definition) is 2. The second-order valence-corrected chi connectivity index (χ2v) is 9.54. The Morgan fingerprint density at radius 2 is 1.66 bits per heavy atom. The first-order valence-corrected chi connectivity index (χ1v) is 10.8. The summed E-state index contributed by atoms with van der Waals surface area (Å²) >= 11 is 3.42. The second kappa shape index (κ2) is 9.57. The van der Waals surface area contributed by atoms with Crippen molar-refractivity contribution < 1.29 is 9.59 Å². The summed E-state index contributed by atoms with van der Waals surface area (Å²) in [6.07, 6.45) is 0.908. The lowest BCUT2D eigenvalue weighted by molar-refractivity contribution is 0.0480. The summed E-state index contributed by atoms with van der Waals surface area (Å²) in [5.41, 5.74) is 5.99. The van der Waals surface area contributed by atoms with Gasteiger partial charge in [-0.1, -0.05) is 63.4 Å². The van der Waals surface area contributed by atoms with Crippen LogP contribution < -0.4 is 5.43 Å². The molecule has 5 heteroatoms. The van der Waals surface area contributed by atoms with Crippen molar-refractivity contribution in [1.29, 1.82) is 0 Å². The fourth-order valence-corrected chi connectivity index (χ4v) is 3.96. The fraction of sp³-hybridized carbons (Fsp3) is 0.417. The van der Waals surface area contributed by atoms with Crippen molar-refractivity contribution in [2.24, 2.45) is 11.3 Å². The zero-order chi connectivity index (χ0) is 21.8. The topological polar surface area (TPSA) is 49.4 Å². The summed E-state index contributed by atoms with van der Waals surface area (Å²) in [5, 5.41) is 1.48. The molecule has 0 saturated heterocycles. The third-order valence-electron chi connectivity index (χ3n) is 5.19. The summed E-state index contributed by atoms with van der Waals surface area (Å²) in [4.78, 5) is 26.3. The van der Waals surface area contributed by atoms with Crippen LogP contribution in [0.1, 0.15) is 66.0 Å². The number of hydrazine groups is 1. The van der Waals surface area contributed by atoms with E-state index in [4.69, 9.17) is 0 Å². The average molecular weight is 459 g/mol. The lowest BCUT2D eigenvalue weighted by atomic mass is 9.79. The first kappa shape index (κ1) is 23.1. The molecule has 2 aromatic carbocycles. The Balaban J connectivity index is 2.38. The quantitative estimate of drug-likeness (QED) is 0.564. The highest BCUT2D eigenvalue weighted by atomic mass is 79.9. The minimum Gasteiger partial charge on any atom is -0.267 e. The van der Waals surface area contributed by atoms with E-state index in [2.05, 4.69) is 49.1 Å². The van der Waals surface area contributed by atoms with Gasteiger partial charge in [-0.2, -0.15) is 0 Å². The van der Waals surface area contributed by atoms with Gasteiger partial charge in [-0.15, -0.1) is 0 Å². The predicted molar refractivity (Wildman–Crippen MR) is 122 cm³/mol. The van der Waals surface area contributed by atoms with Crippen LogP contribution in [0.2, 0.25) is 0 Å². The molecule has 29 heavy (non-hydrogen) atoms. The molecule has 0 saturated carbocycles. The molecular weight excluding hydrogens is 428 g/mol. The maximum absolute atomic E-state index is 13.4. The Morgan fingerprint density at radius 1 is 1.07 bits per heavy atom. The van der Waals surface area contributed by atoms with E-state index in [0.29, 0.717) is 22.1 Å². The van der Waals surface area contributed by atoms with E-state index in [1.165, 1.54) is 5.01 Å². The Labute approximate surface area is 182 Å². The maximum atomic E-state index is 13.4. The average Bonchev–Trinajstić information content (AvgIpc) is 2.62. The van der Waals surface area contributed by atoms with Crippen molar-refractivity contribution in [3.05, 3.63) is 69.2 Å². The number of benzene rings is 2. The zero-order valence-electron chi connectivity index (χ0n) is 18.2. The number of aryl methyl sites for hydroxylation is 2. The molecule has 0 aromatic heterocycles. The summed E-state index contributed by atoms with van der Waals surface area (Å²) < 4.78 is 0.694. The number of carbonyl (C=O) groups is 2. The monoisotopic (exact) mass is 458 g/mol. The Morgan fingerprint density at radius 3 is 2.17 bits per heavy atom. The molecule has 0 spiro atoms. The van der Waals surface area contributed by atoms with Gasteiger partial charge in [0.1, 0.15) is 0 Å². The largest absolute Gasteiger partial charge is 0.272 e. The van der Waals surface area contributed by atoms with Crippen molar-refractivity contribution in [2.45, 2.75) is 48.0 Å². The third-order valence-corrected chi connectivity index (χ3v) is 5.88. The molecule has 2 rings (SSSR count). The van der Waals surface area contributed by atoms with Crippen molar-refractivity contribution in [3.63, 3.8) is 0 Å². The van der Waals surface area contributed by atoms with Gasteiger partial charge in [-0.05, 0) is 65.4 Å². The minimum absolute atomic E-state index is 0.00780. The smallest absolute Gasteiger partial charge is 0.267 e. The van der Waals surface area contributed by atoms with Crippen molar-refractivity contribution in [3.8, 4) is 0 Å². The number of nitrogens with zero attached hydrogens (tertiary/aromatic N) is 1. The van der Waals surface area contributed by atoms with Crippen molar-refractivity contribution in [1.82, 2.24) is 10.4 Å². The summed E-state index contributed by atoms with van der Waals surface area (Å²) in [7, 11) is 0. The molecule has 1 atom stereocenters. The molecule has 0 heterocycles. The van der Waals surface area contributed by atoms with Gasteiger partial charge >= 0.3 is 0 Å². The normalized spacial score (nSPS) is 12.4. The number of rotatable bonds is 5. The molecule has 2 amide bonds. The van der Waals surface area contributed by atoms with Crippen LogP contribution in [-0.4, -0.2) is 23.4 Å². The number of nitrogens with one attached hydrogen (secondary N) is 1. The van der Waals surface area contributed by atoms with Crippen LogP contribution in [0.15, 0.2) is 46.9 Å². The first-order valence-electron chi connectivity index (χ1n) is 9.98. The Hall–Kier alpha value is -2.14. The Bertz CT molecular complexity index is 866. The second-order valence-electron chi connectivity index (χ2n) is 8.68. The van der Waals surface area contributed by atoms with Crippen LogP contribution in [0.5, 0.6) is 0 Å². The SMILES string of the molecule is CCC(CN(NC(=O)c1ccccc1Br)C(=O)c1cc(C)cc(C)c1)C(C)(C)C. The summed E-state index contributed by atoms with van der Waals surface area (Å²) in [6.45, 7) is 13.0. The van der Waals surface area contributed by atoms with E-state index < -0.39 is 0 Å². The molecule has 0 aliphatic heterocycles. The standard InChI is InChI=1S/C24H31BrN2O2/c1-7-19(24(4,5)6)15-27(23(29)18-13-16(2)12-17(3)14-18)26-22(28)20-10-8-9-11-21(20)25/h8-14,19H,7,15H2,1-6H3,(H,26,28). The number of halogens is 1. The highest BCUT2D eigenvalue weighted by Crippen LogP contribution is 2.29. The van der Waals surface area contributed by atoms with E-state index in [9.17, 15) is 9.59 Å². The van der Waals surface area contributed by atoms with E-state index in [1.807, 2.05) is 44.2 Å². The predicted octanol–water partition coefficient (Wildman–Crippen LogP) is 5.93. The third kappa shape index (κ3) is 6.17. The molecule has 0 bridgehead atoms. The molecule has 0 radical (unpaired) electrons. The van der Waals surface area contributed by atoms with Gasteiger partial charge in [0, 0.05) is 16.6 Å². The van der Waals surface area contributed by atoms with E-state index in [1.54, 1.807) is 12.1 Å². The van der Waals surface area contributed by atoms with Crippen molar-refractivity contribution >= 4 is 27.7 Å². The first-order chi connectivity index (χ1) is 13.5. The fourth-order valence-electron chi connectivity index (χ4n) is 3.50. The van der Waals surface area contributed by atoms with Gasteiger partial charge in [0.15, 0.2) is 0 Å². The van der Waals surface area contributed by atoms with Gasteiger partial charge in [-0.3, -0.25) is 15.0 Å². The molecule has 0 fully saturated rings. The molecule has 1 N–H and O–H groups in total. The number of amides is 2. The van der Waals surface area contributed by atoms with Gasteiger partial charge < -0.3 is 0 Å². The maximum Gasteiger partial charge on any atom is 0.272 e. The highest BCUT2D eigenvalue weighted by molar-refractivity contribution is 9.10. The van der Waals surface area contributed by atoms with Gasteiger partial charge in [0.2, 0.25) is 0 Å². The molecule has 1 unspecified atom stereocenters. The molecule has 156 valence electrons.